The minimum absolute atomic E-state index is 0.203. The van der Waals surface area contributed by atoms with E-state index in [-0.39, 0.29) is 12.6 Å². The molecule has 7 nitrogen and oxygen atoms in total. The van der Waals surface area contributed by atoms with Crippen LogP contribution in [-0.2, 0) is 22.6 Å². The molecule has 1 atom stereocenters. The van der Waals surface area contributed by atoms with Crippen molar-refractivity contribution in [1.29, 1.82) is 0 Å². The fraction of sp³-hybridized carbons (Fsp3) is 0.650. The topological polar surface area (TPSA) is 58.6 Å². The second-order valence-electron chi connectivity index (χ2n) is 7.58. The number of hydrogen-bond donors (Lipinski definition) is 1. The van der Waals surface area contributed by atoms with Crippen LogP contribution in [0.4, 0.5) is 4.39 Å². The number of hydrogen-bond acceptors (Lipinski definition) is 5. The van der Waals surface area contributed by atoms with Gasteiger partial charge in [0.15, 0.2) is 12.8 Å². The maximum atomic E-state index is 13.9. The number of aliphatic imine (C=N–C) groups is 1. The molecule has 4 rings (SSSR count). The zero-order valence-corrected chi connectivity index (χ0v) is 16.5. The zero-order chi connectivity index (χ0) is 19.3. The molecule has 3 aliphatic heterocycles. The number of guanidine groups is 1. The standard InChI is InChI=1S/C20H29FN4O3/c1-22-20(25-5-3-24(4-6-25)11-15-2-7-26-12-15)23-10-16-8-18(21)9-17-13-27-14-28-19(16)17/h8-9,15H,2-7,10-14H2,1H3,(H,22,23). The Balaban J connectivity index is 1.31. The van der Waals surface area contributed by atoms with Crippen LogP contribution in [0, 0.1) is 11.7 Å². The Hall–Kier alpha value is -1.90. The quantitative estimate of drug-likeness (QED) is 0.618. The summed E-state index contributed by atoms with van der Waals surface area (Å²) >= 11 is 0. The predicted octanol–water partition coefficient (Wildman–Crippen LogP) is 1.42. The molecule has 0 bridgehead atoms. The molecule has 154 valence electrons. The normalized spacial score (nSPS) is 23.4. The molecule has 0 amide bonds. The lowest BCUT2D eigenvalue weighted by Gasteiger charge is -2.37. The van der Waals surface area contributed by atoms with Gasteiger partial charge in [-0.05, 0) is 24.5 Å². The molecule has 1 N–H and O–H groups in total. The van der Waals surface area contributed by atoms with Gasteiger partial charge in [0, 0.05) is 64.0 Å². The van der Waals surface area contributed by atoms with Crippen LogP contribution < -0.4 is 10.1 Å². The van der Waals surface area contributed by atoms with E-state index in [0.29, 0.717) is 19.1 Å². The van der Waals surface area contributed by atoms with E-state index in [9.17, 15) is 4.39 Å². The molecule has 1 aromatic rings. The summed E-state index contributed by atoms with van der Waals surface area (Å²) in [5.74, 6) is 1.96. The Morgan fingerprint density at radius 2 is 2.11 bits per heavy atom. The maximum Gasteiger partial charge on any atom is 0.194 e. The van der Waals surface area contributed by atoms with Crippen molar-refractivity contribution in [2.75, 3.05) is 59.8 Å². The van der Waals surface area contributed by atoms with Gasteiger partial charge in [-0.25, -0.2) is 4.39 Å². The molecule has 1 aromatic carbocycles. The highest BCUT2D eigenvalue weighted by molar-refractivity contribution is 5.80. The van der Waals surface area contributed by atoms with Crippen molar-refractivity contribution < 1.29 is 18.6 Å². The Kier molecular flexibility index (Phi) is 6.29. The van der Waals surface area contributed by atoms with Gasteiger partial charge < -0.3 is 24.4 Å². The Morgan fingerprint density at radius 1 is 1.25 bits per heavy atom. The molecule has 0 aliphatic carbocycles. The van der Waals surface area contributed by atoms with E-state index in [0.717, 1.165) is 68.8 Å². The Bertz CT molecular complexity index is 701. The van der Waals surface area contributed by atoms with Gasteiger partial charge in [-0.3, -0.25) is 9.89 Å². The summed E-state index contributed by atoms with van der Waals surface area (Å²) in [7, 11) is 1.79. The summed E-state index contributed by atoms with van der Waals surface area (Å²) in [6.07, 6.45) is 1.18. The summed E-state index contributed by atoms with van der Waals surface area (Å²) < 4.78 is 30.3. The summed E-state index contributed by atoms with van der Waals surface area (Å²) in [4.78, 5) is 9.20. The van der Waals surface area contributed by atoms with Crippen LogP contribution >= 0.6 is 0 Å². The van der Waals surface area contributed by atoms with Crippen LogP contribution in [0.1, 0.15) is 17.5 Å². The molecule has 0 spiro atoms. The van der Waals surface area contributed by atoms with E-state index in [2.05, 4.69) is 20.1 Å². The van der Waals surface area contributed by atoms with E-state index in [1.165, 1.54) is 18.6 Å². The Labute approximate surface area is 165 Å². The van der Waals surface area contributed by atoms with Crippen LogP contribution in [0.15, 0.2) is 17.1 Å². The first-order valence-corrected chi connectivity index (χ1v) is 10.0. The predicted molar refractivity (Wildman–Crippen MR) is 104 cm³/mol. The highest BCUT2D eigenvalue weighted by Crippen LogP contribution is 2.29. The lowest BCUT2D eigenvalue weighted by molar-refractivity contribution is -0.0173. The average Bonchev–Trinajstić information content (AvgIpc) is 3.22. The second kappa shape index (κ2) is 9.07. The average molecular weight is 392 g/mol. The van der Waals surface area contributed by atoms with Gasteiger partial charge in [-0.15, -0.1) is 0 Å². The third-order valence-corrected chi connectivity index (χ3v) is 5.61. The summed E-state index contributed by atoms with van der Waals surface area (Å²) in [6, 6.07) is 2.99. The number of nitrogens with one attached hydrogen (secondary N) is 1. The third kappa shape index (κ3) is 4.56. The lowest BCUT2D eigenvalue weighted by Crippen LogP contribution is -2.53. The van der Waals surface area contributed by atoms with Crippen molar-refractivity contribution in [3.63, 3.8) is 0 Å². The van der Waals surface area contributed by atoms with E-state index in [4.69, 9.17) is 14.2 Å². The van der Waals surface area contributed by atoms with Crippen LogP contribution in [0.5, 0.6) is 5.75 Å². The second-order valence-corrected chi connectivity index (χ2v) is 7.58. The molecule has 1 unspecified atom stereocenters. The van der Waals surface area contributed by atoms with Gasteiger partial charge in [0.2, 0.25) is 0 Å². The van der Waals surface area contributed by atoms with Gasteiger partial charge in [0.25, 0.3) is 0 Å². The fourth-order valence-electron chi connectivity index (χ4n) is 4.13. The van der Waals surface area contributed by atoms with Crippen molar-refractivity contribution in [3.05, 3.63) is 29.1 Å². The molecule has 0 aromatic heterocycles. The van der Waals surface area contributed by atoms with Crippen LogP contribution in [-0.4, -0.2) is 75.5 Å². The van der Waals surface area contributed by atoms with Crippen molar-refractivity contribution >= 4 is 5.96 Å². The number of nitrogens with zero attached hydrogens (tertiary/aromatic N) is 3. The first kappa shape index (κ1) is 19.4. The molecule has 3 heterocycles. The summed E-state index contributed by atoms with van der Waals surface area (Å²) in [5, 5.41) is 3.37. The fourth-order valence-corrected chi connectivity index (χ4v) is 4.13. The highest BCUT2D eigenvalue weighted by Gasteiger charge is 2.24. The van der Waals surface area contributed by atoms with E-state index in [1.807, 2.05) is 0 Å². The molecule has 3 aliphatic rings. The van der Waals surface area contributed by atoms with Crippen molar-refractivity contribution in [2.24, 2.45) is 10.9 Å². The van der Waals surface area contributed by atoms with Crippen LogP contribution in [0.2, 0.25) is 0 Å². The number of benzene rings is 1. The van der Waals surface area contributed by atoms with Gasteiger partial charge in [0.1, 0.15) is 11.6 Å². The number of ether oxygens (including phenoxy) is 3. The molecule has 2 fully saturated rings. The van der Waals surface area contributed by atoms with Crippen molar-refractivity contribution in [3.8, 4) is 5.75 Å². The third-order valence-electron chi connectivity index (χ3n) is 5.61. The lowest BCUT2D eigenvalue weighted by atomic mass is 10.1. The smallest absolute Gasteiger partial charge is 0.194 e. The van der Waals surface area contributed by atoms with Gasteiger partial charge >= 0.3 is 0 Å². The summed E-state index contributed by atoms with van der Waals surface area (Å²) in [5.41, 5.74) is 1.54. The van der Waals surface area contributed by atoms with Gasteiger partial charge in [-0.1, -0.05) is 0 Å². The van der Waals surface area contributed by atoms with Crippen molar-refractivity contribution in [2.45, 2.75) is 19.6 Å². The van der Waals surface area contributed by atoms with E-state index < -0.39 is 0 Å². The zero-order valence-electron chi connectivity index (χ0n) is 16.5. The largest absolute Gasteiger partial charge is 0.467 e. The first-order chi connectivity index (χ1) is 13.7. The summed E-state index contributed by atoms with van der Waals surface area (Å²) in [6.45, 7) is 7.87. The van der Waals surface area contributed by atoms with E-state index >= 15 is 0 Å². The molecule has 28 heavy (non-hydrogen) atoms. The van der Waals surface area contributed by atoms with Gasteiger partial charge in [-0.2, -0.15) is 0 Å². The number of halogens is 1. The highest BCUT2D eigenvalue weighted by atomic mass is 19.1. The minimum Gasteiger partial charge on any atom is -0.467 e. The van der Waals surface area contributed by atoms with Crippen molar-refractivity contribution in [1.82, 2.24) is 15.1 Å². The van der Waals surface area contributed by atoms with Crippen LogP contribution in [0.25, 0.3) is 0 Å². The number of piperazine rings is 1. The number of fused-ring (bicyclic) bond motifs is 1. The monoisotopic (exact) mass is 392 g/mol. The molecule has 8 heteroatoms. The van der Waals surface area contributed by atoms with E-state index in [1.54, 1.807) is 7.05 Å². The molecular weight excluding hydrogens is 363 g/mol. The van der Waals surface area contributed by atoms with Crippen LogP contribution in [0.3, 0.4) is 0 Å². The SMILES string of the molecule is CN=C(NCc1cc(F)cc2c1OCOC2)N1CCN(CC2CCOC2)CC1. The molecule has 0 radical (unpaired) electrons. The molecule has 2 saturated heterocycles. The Morgan fingerprint density at radius 3 is 2.86 bits per heavy atom. The molecular formula is C20H29FN4O3. The van der Waals surface area contributed by atoms with Gasteiger partial charge in [0.05, 0.1) is 13.2 Å². The minimum atomic E-state index is -0.274. The first-order valence-electron chi connectivity index (χ1n) is 10.0. The number of rotatable bonds is 4. The molecule has 0 saturated carbocycles. The maximum absolute atomic E-state index is 13.9.